The summed E-state index contributed by atoms with van der Waals surface area (Å²) in [4.78, 5) is 0. The number of rotatable bonds is 31. The molecule has 0 spiro atoms. The molecule has 0 saturated carbocycles. The molecule has 0 heterocycles. The van der Waals surface area contributed by atoms with Gasteiger partial charge in [-0.3, -0.25) is 0 Å². The van der Waals surface area contributed by atoms with E-state index in [-0.39, 0.29) is 24.8 Å². The second-order valence-electron chi connectivity index (χ2n) is 13.4. The summed E-state index contributed by atoms with van der Waals surface area (Å²) >= 11 is 0. The fraction of sp³-hybridized carbons (Fsp3) is 1.00. The van der Waals surface area contributed by atoms with Crippen LogP contribution in [-0.4, -0.2) is 89.8 Å². The Morgan fingerprint density at radius 2 is 0.575 bits per heavy atom. The van der Waals surface area contributed by atoms with Crippen LogP contribution in [-0.2, 0) is 9.47 Å². The SMILES string of the molecule is CCCCCCCCCCCC[N+](C)(C)CCOCCOCC[N+](C)(C)CCCCCCCCCCCC.[Cl-].[Cl-]. The Hall–Kier alpha value is 0.420. The molecule has 0 atom stereocenters. The fourth-order valence-electron chi connectivity index (χ4n) is 5.22. The summed E-state index contributed by atoms with van der Waals surface area (Å²) in [5, 5.41) is 0. The molecule has 4 nitrogen and oxygen atoms in total. The Labute approximate surface area is 265 Å². The van der Waals surface area contributed by atoms with Gasteiger partial charge in [-0.25, -0.2) is 0 Å². The van der Waals surface area contributed by atoms with E-state index < -0.39 is 0 Å². The molecule has 0 aliphatic rings. The van der Waals surface area contributed by atoms with Crippen molar-refractivity contribution in [2.24, 2.45) is 0 Å². The van der Waals surface area contributed by atoms with E-state index in [2.05, 4.69) is 42.0 Å². The summed E-state index contributed by atoms with van der Waals surface area (Å²) in [6.45, 7) is 12.5. The van der Waals surface area contributed by atoms with E-state index in [4.69, 9.17) is 9.47 Å². The van der Waals surface area contributed by atoms with Gasteiger partial charge in [0.25, 0.3) is 0 Å². The van der Waals surface area contributed by atoms with Crippen LogP contribution in [0, 0.1) is 0 Å². The lowest BCUT2D eigenvalue weighted by Gasteiger charge is -2.30. The summed E-state index contributed by atoms with van der Waals surface area (Å²) in [5.41, 5.74) is 0. The van der Waals surface area contributed by atoms with Gasteiger partial charge in [-0.05, 0) is 25.7 Å². The van der Waals surface area contributed by atoms with Crippen molar-refractivity contribution in [1.29, 1.82) is 0 Å². The van der Waals surface area contributed by atoms with Crippen LogP contribution in [0.5, 0.6) is 0 Å². The molecule has 0 rings (SSSR count). The van der Waals surface area contributed by atoms with Crippen molar-refractivity contribution in [2.45, 2.75) is 142 Å². The zero-order chi connectivity index (χ0) is 28.2. The van der Waals surface area contributed by atoms with Crippen LogP contribution >= 0.6 is 0 Å². The van der Waals surface area contributed by atoms with E-state index in [0.717, 1.165) is 48.5 Å². The van der Waals surface area contributed by atoms with Crippen molar-refractivity contribution in [3.63, 3.8) is 0 Å². The van der Waals surface area contributed by atoms with E-state index in [1.54, 1.807) is 0 Å². The lowest BCUT2D eigenvalue weighted by Crippen LogP contribution is -3.00. The number of likely N-dealkylation sites (N-methyl/N-ethyl adjacent to an activating group) is 2. The minimum Gasteiger partial charge on any atom is -1.00 e. The lowest BCUT2D eigenvalue weighted by molar-refractivity contribution is -0.891. The third kappa shape index (κ3) is 34.6. The van der Waals surface area contributed by atoms with E-state index in [1.165, 1.54) is 142 Å². The van der Waals surface area contributed by atoms with E-state index in [9.17, 15) is 0 Å². The zero-order valence-corrected chi connectivity index (χ0v) is 29.8. The first-order valence-electron chi connectivity index (χ1n) is 17.1. The van der Waals surface area contributed by atoms with Crippen molar-refractivity contribution < 1.29 is 43.3 Å². The molecule has 0 aliphatic heterocycles. The van der Waals surface area contributed by atoms with Gasteiger partial charge in [0, 0.05) is 0 Å². The first-order valence-corrected chi connectivity index (χ1v) is 17.1. The molecule has 0 aromatic heterocycles. The van der Waals surface area contributed by atoms with Crippen molar-refractivity contribution in [2.75, 3.05) is 80.8 Å². The number of ether oxygens (including phenoxy) is 2. The van der Waals surface area contributed by atoms with Gasteiger partial charge >= 0.3 is 0 Å². The molecule has 0 fully saturated rings. The summed E-state index contributed by atoms with van der Waals surface area (Å²) in [7, 11) is 9.40. The third-order valence-corrected chi connectivity index (χ3v) is 8.29. The maximum Gasteiger partial charge on any atom is 0.102 e. The van der Waals surface area contributed by atoms with Gasteiger partial charge in [0.05, 0.1) is 67.7 Å². The van der Waals surface area contributed by atoms with Crippen molar-refractivity contribution in [3.8, 4) is 0 Å². The van der Waals surface area contributed by atoms with E-state index in [1.807, 2.05) is 0 Å². The van der Waals surface area contributed by atoms with Crippen molar-refractivity contribution in [1.82, 2.24) is 0 Å². The third-order valence-electron chi connectivity index (χ3n) is 8.29. The lowest BCUT2D eigenvalue weighted by atomic mass is 10.1. The summed E-state index contributed by atoms with van der Waals surface area (Å²) < 4.78 is 13.9. The van der Waals surface area contributed by atoms with Crippen LogP contribution < -0.4 is 24.8 Å². The highest BCUT2D eigenvalue weighted by Crippen LogP contribution is 2.13. The average Bonchev–Trinajstić information content (AvgIpc) is 2.87. The predicted octanol–water partition coefficient (Wildman–Crippen LogP) is 3.02. The highest BCUT2D eigenvalue weighted by atomic mass is 35.5. The number of hydrogen-bond acceptors (Lipinski definition) is 2. The van der Waals surface area contributed by atoms with Crippen LogP contribution in [0.1, 0.15) is 142 Å². The van der Waals surface area contributed by atoms with Crippen LogP contribution in [0.4, 0.5) is 0 Å². The monoisotopic (exact) mass is 613 g/mol. The highest BCUT2D eigenvalue weighted by molar-refractivity contribution is 4.49. The number of hydrogen-bond donors (Lipinski definition) is 0. The Balaban J connectivity index is -0.00000684. The molecule has 0 N–H and O–H groups in total. The van der Waals surface area contributed by atoms with E-state index in [0.29, 0.717) is 0 Å². The number of halogens is 2. The molecule has 246 valence electrons. The Kier molecular flexibility index (Phi) is 36.3. The molecule has 0 aliphatic carbocycles. The maximum absolute atomic E-state index is 5.89. The molecule has 0 unspecified atom stereocenters. The largest absolute Gasteiger partial charge is 1.00 e. The molecule has 0 bridgehead atoms. The van der Waals surface area contributed by atoms with Crippen LogP contribution in [0.3, 0.4) is 0 Å². The minimum absolute atomic E-state index is 0. The summed E-state index contributed by atoms with van der Waals surface area (Å²) in [6.07, 6.45) is 28.2. The van der Waals surface area contributed by atoms with Crippen LogP contribution in [0.25, 0.3) is 0 Å². The first kappa shape index (κ1) is 44.9. The Morgan fingerprint density at radius 1 is 0.325 bits per heavy atom. The first-order chi connectivity index (χ1) is 18.3. The molecule has 0 radical (unpaired) electrons. The van der Waals surface area contributed by atoms with Gasteiger partial charge in [0.15, 0.2) is 0 Å². The average molecular weight is 614 g/mol. The van der Waals surface area contributed by atoms with Gasteiger partial charge < -0.3 is 43.3 Å². The van der Waals surface area contributed by atoms with Gasteiger partial charge in [-0.2, -0.15) is 0 Å². The number of quaternary nitrogens is 2. The normalized spacial score (nSPS) is 11.8. The molecule has 0 saturated heterocycles. The molecule has 40 heavy (non-hydrogen) atoms. The smallest absolute Gasteiger partial charge is 0.102 e. The summed E-state index contributed by atoms with van der Waals surface area (Å²) in [6, 6.07) is 0. The van der Waals surface area contributed by atoms with Crippen molar-refractivity contribution in [3.05, 3.63) is 0 Å². The second-order valence-corrected chi connectivity index (χ2v) is 13.4. The van der Waals surface area contributed by atoms with E-state index >= 15 is 0 Å². The predicted molar refractivity (Wildman–Crippen MR) is 169 cm³/mol. The zero-order valence-electron chi connectivity index (χ0n) is 28.3. The minimum atomic E-state index is 0. The number of unbranched alkanes of at least 4 members (excludes halogenated alkanes) is 18. The molecular weight excluding hydrogens is 539 g/mol. The highest BCUT2D eigenvalue weighted by Gasteiger charge is 2.15. The maximum atomic E-state index is 5.89. The molecule has 0 aromatic carbocycles. The van der Waals surface area contributed by atoms with Gasteiger partial charge in [-0.15, -0.1) is 0 Å². The summed E-state index contributed by atoms with van der Waals surface area (Å²) in [5.74, 6) is 0. The quantitative estimate of drug-likeness (QED) is 0.0885. The molecule has 6 heteroatoms. The van der Waals surface area contributed by atoms with Crippen LogP contribution in [0.15, 0.2) is 0 Å². The van der Waals surface area contributed by atoms with Gasteiger partial charge in [-0.1, -0.05) is 117 Å². The Bertz CT molecular complexity index is 437. The van der Waals surface area contributed by atoms with Gasteiger partial charge in [0.2, 0.25) is 0 Å². The van der Waals surface area contributed by atoms with Crippen LogP contribution in [0.2, 0.25) is 0 Å². The van der Waals surface area contributed by atoms with Gasteiger partial charge in [0.1, 0.15) is 13.1 Å². The van der Waals surface area contributed by atoms with Crippen molar-refractivity contribution >= 4 is 0 Å². The molecular formula is C34H74Cl2N2O2. The number of nitrogens with zero attached hydrogens (tertiary/aromatic N) is 2. The standard InChI is InChI=1S/C34H74N2O2.2ClH/c1-7-9-11-13-15-17-19-21-23-25-27-35(3,4)29-31-37-33-34-38-32-30-36(5,6)28-26-24-22-20-18-16-14-12-10-8-2;;/h7-34H2,1-6H3;2*1H/q+2;;/p-2. The molecule has 0 aromatic rings. The second kappa shape index (κ2) is 32.3. The fourth-order valence-corrected chi connectivity index (χ4v) is 5.22. The Morgan fingerprint density at radius 3 is 0.850 bits per heavy atom. The topological polar surface area (TPSA) is 18.5 Å². The molecule has 0 amide bonds.